The van der Waals surface area contributed by atoms with Crippen LogP contribution in [0.3, 0.4) is 0 Å². The highest BCUT2D eigenvalue weighted by Gasteiger charge is 2.53. The van der Waals surface area contributed by atoms with Crippen LogP contribution in [0.2, 0.25) is 0 Å². The average Bonchev–Trinajstić information content (AvgIpc) is 3.45. The fraction of sp³-hybridized carbons (Fsp3) is 0.455. The van der Waals surface area contributed by atoms with Crippen LogP contribution in [-0.4, -0.2) is 48.2 Å². The fourth-order valence-corrected chi connectivity index (χ4v) is 4.85. The van der Waals surface area contributed by atoms with Crippen molar-refractivity contribution in [2.75, 3.05) is 20.1 Å². The van der Waals surface area contributed by atoms with Crippen LogP contribution in [0.5, 0.6) is 11.6 Å². The molecule has 3 fully saturated rings. The van der Waals surface area contributed by atoms with E-state index >= 15 is 0 Å². The lowest BCUT2D eigenvalue weighted by molar-refractivity contribution is 0.0767. The van der Waals surface area contributed by atoms with Crippen LogP contribution in [0, 0.1) is 17.7 Å². The lowest BCUT2D eigenvalue weighted by Gasteiger charge is -2.23. The van der Waals surface area contributed by atoms with Gasteiger partial charge in [-0.05, 0) is 42.7 Å². The van der Waals surface area contributed by atoms with Crippen molar-refractivity contribution in [1.82, 2.24) is 15.2 Å². The lowest BCUT2D eigenvalue weighted by Crippen LogP contribution is -2.41. The number of guanidine groups is 1. The number of benzene rings is 1. The fourth-order valence-electron chi connectivity index (χ4n) is 4.85. The molecule has 1 N–H and O–H groups in total. The van der Waals surface area contributed by atoms with Gasteiger partial charge in [-0.2, -0.15) is 0 Å². The number of nitrogens with one attached hydrogen (secondary N) is 1. The number of hydrogen-bond acceptors (Lipinski definition) is 4. The van der Waals surface area contributed by atoms with Gasteiger partial charge in [0.25, 0.3) is 0 Å². The van der Waals surface area contributed by atoms with Crippen molar-refractivity contribution in [1.29, 1.82) is 0 Å². The summed E-state index contributed by atoms with van der Waals surface area (Å²) in [6, 6.07) is 9.68. The van der Waals surface area contributed by atoms with Gasteiger partial charge in [0.05, 0.1) is 12.2 Å². The van der Waals surface area contributed by atoms with Gasteiger partial charge in [0.2, 0.25) is 5.88 Å². The summed E-state index contributed by atoms with van der Waals surface area (Å²) in [6.07, 6.45) is 5.11. The first-order valence-electron chi connectivity index (χ1n) is 10.2. The van der Waals surface area contributed by atoms with Gasteiger partial charge in [-0.1, -0.05) is 6.07 Å². The first-order chi connectivity index (χ1) is 14.2. The number of fused-ring (bicyclic) bond motifs is 5. The molecule has 4 atom stereocenters. The molecule has 4 heterocycles. The van der Waals surface area contributed by atoms with Gasteiger partial charge in [0.15, 0.2) is 5.96 Å². The average molecular weight is 524 g/mol. The highest BCUT2D eigenvalue weighted by molar-refractivity contribution is 14.0. The monoisotopic (exact) mass is 524 g/mol. The number of ether oxygens (including phenoxy) is 2. The van der Waals surface area contributed by atoms with E-state index in [-0.39, 0.29) is 29.8 Å². The molecule has 160 valence electrons. The van der Waals surface area contributed by atoms with Crippen LogP contribution in [0.25, 0.3) is 0 Å². The quantitative estimate of drug-likeness (QED) is 0.375. The van der Waals surface area contributed by atoms with E-state index in [0.717, 1.165) is 24.6 Å². The summed E-state index contributed by atoms with van der Waals surface area (Å²) < 4.78 is 24.7. The van der Waals surface area contributed by atoms with Crippen molar-refractivity contribution in [2.45, 2.75) is 31.6 Å². The number of nitrogens with zero attached hydrogens (tertiary/aromatic N) is 3. The summed E-state index contributed by atoms with van der Waals surface area (Å²) in [5.41, 5.74) is 1.04. The topological polar surface area (TPSA) is 59.0 Å². The van der Waals surface area contributed by atoms with Gasteiger partial charge in [0, 0.05) is 50.8 Å². The molecule has 3 aliphatic heterocycles. The van der Waals surface area contributed by atoms with E-state index in [1.165, 1.54) is 25.0 Å². The first-order valence-corrected chi connectivity index (χ1v) is 10.2. The molecule has 0 amide bonds. The number of aromatic nitrogens is 1. The largest absolute Gasteiger partial charge is 0.439 e. The molecule has 8 heteroatoms. The van der Waals surface area contributed by atoms with E-state index in [1.54, 1.807) is 18.3 Å². The minimum Gasteiger partial charge on any atom is -0.439 e. The Morgan fingerprint density at radius 3 is 2.47 bits per heavy atom. The predicted octanol–water partition coefficient (Wildman–Crippen LogP) is 3.82. The van der Waals surface area contributed by atoms with E-state index in [9.17, 15) is 4.39 Å². The Morgan fingerprint density at radius 2 is 1.87 bits per heavy atom. The molecular weight excluding hydrogens is 498 g/mol. The standard InChI is InChI=1S/C22H25FN4O2.HI/c1-24-22(27-12-17-18(13-27)20-8-7-19(17)29-20)26-11-14-2-9-21(25-10-14)28-16-5-3-15(23)4-6-16;/h2-6,9-10,17-20H,7-8,11-13H2,1H3,(H,24,26);1H. The van der Waals surface area contributed by atoms with E-state index in [0.29, 0.717) is 42.2 Å². The molecule has 1 aromatic heterocycles. The van der Waals surface area contributed by atoms with Gasteiger partial charge in [-0.15, -0.1) is 24.0 Å². The predicted molar refractivity (Wildman–Crippen MR) is 123 cm³/mol. The minimum atomic E-state index is -0.290. The lowest BCUT2D eigenvalue weighted by atomic mass is 9.82. The summed E-state index contributed by atoms with van der Waals surface area (Å²) in [4.78, 5) is 11.2. The number of pyridine rings is 1. The number of rotatable bonds is 4. The van der Waals surface area contributed by atoms with E-state index in [2.05, 4.69) is 20.2 Å². The minimum absolute atomic E-state index is 0. The third-order valence-electron chi connectivity index (χ3n) is 6.25. The first kappa shape index (κ1) is 21.3. The SMILES string of the molecule is CN=C(NCc1ccc(Oc2ccc(F)cc2)nc1)N1CC2C3CCC(O3)C2C1.I. The highest BCUT2D eigenvalue weighted by Crippen LogP contribution is 2.47. The maximum absolute atomic E-state index is 13.0. The molecule has 4 unspecified atom stereocenters. The van der Waals surface area contributed by atoms with Crippen molar-refractivity contribution in [3.05, 3.63) is 54.0 Å². The molecule has 5 rings (SSSR count). The molecule has 3 saturated heterocycles. The summed E-state index contributed by atoms with van der Waals surface area (Å²) >= 11 is 0. The molecule has 3 aliphatic rings. The second-order valence-corrected chi connectivity index (χ2v) is 7.98. The zero-order valence-corrected chi connectivity index (χ0v) is 19.2. The van der Waals surface area contributed by atoms with Gasteiger partial charge < -0.3 is 19.7 Å². The Hall–Kier alpha value is -1.94. The number of aliphatic imine (C=N–C) groups is 1. The number of halogens is 2. The maximum atomic E-state index is 13.0. The number of likely N-dealkylation sites (tertiary alicyclic amines) is 1. The van der Waals surface area contributed by atoms with E-state index in [1.807, 2.05) is 19.2 Å². The van der Waals surface area contributed by atoms with Gasteiger partial charge in [0.1, 0.15) is 11.6 Å². The molecule has 0 saturated carbocycles. The maximum Gasteiger partial charge on any atom is 0.219 e. The molecule has 2 aromatic rings. The smallest absolute Gasteiger partial charge is 0.219 e. The summed E-state index contributed by atoms with van der Waals surface area (Å²) in [6.45, 7) is 2.69. The zero-order chi connectivity index (χ0) is 19.8. The molecule has 0 aliphatic carbocycles. The Kier molecular flexibility index (Phi) is 6.43. The van der Waals surface area contributed by atoms with E-state index < -0.39 is 0 Å². The third kappa shape index (κ3) is 4.25. The molecule has 6 nitrogen and oxygen atoms in total. The van der Waals surface area contributed by atoms with Crippen LogP contribution in [0.4, 0.5) is 4.39 Å². The highest BCUT2D eigenvalue weighted by atomic mass is 127. The Balaban J connectivity index is 0.00000218. The molecule has 2 bridgehead atoms. The van der Waals surface area contributed by atoms with Crippen LogP contribution in [0.1, 0.15) is 18.4 Å². The van der Waals surface area contributed by atoms with Crippen molar-refractivity contribution in [3.8, 4) is 11.6 Å². The summed E-state index contributed by atoms with van der Waals surface area (Å²) in [5, 5.41) is 3.46. The van der Waals surface area contributed by atoms with Crippen LogP contribution < -0.4 is 10.1 Å². The van der Waals surface area contributed by atoms with Crippen LogP contribution in [-0.2, 0) is 11.3 Å². The van der Waals surface area contributed by atoms with Crippen molar-refractivity contribution in [3.63, 3.8) is 0 Å². The molecular formula is C22H26FIN4O2. The molecule has 30 heavy (non-hydrogen) atoms. The molecule has 0 spiro atoms. The third-order valence-corrected chi connectivity index (χ3v) is 6.25. The van der Waals surface area contributed by atoms with Crippen molar-refractivity contribution < 1.29 is 13.9 Å². The summed E-state index contributed by atoms with van der Waals surface area (Å²) in [7, 11) is 1.83. The van der Waals surface area contributed by atoms with Gasteiger partial charge >= 0.3 is 0 Å². The van der Waals surface area contributed by atoms with Gasteiger partial charge in [-0.3, -0.25) is 4.99 Å². The Morgan fingerprint density at radius 1 is 1.17 bits per heavy atom. The number of hydrogen-bond donors (Lipinski definition) is 1. The molecule has 0 radical (unpaired) electrons. The zero-order valence-electron chi connectivity index (χ0n) is 16.8. The Labute approximate surface area is 192 Å². The van der Waals surface area contributed by atoms with Crippen LogP contribution in [0.15, 0.2) is 47.6 Å². The normalized spacial score (nSPS) is 27.0. The summed E-state index contributed by atoms with van der Waals surface area (Å²) in [5.74, 6) is 2.98. The van der Waals surface area contributed by atoms with Crippen molar-refractivity contribution >= 4 is 29.9 Å². The van der Waals surface area contributed by atoms with Crippen molar-refractivity contribution in [2.24, 2.45) is 16.8 Å². The Bertz CT molecular complexity index is 875. The second kappa shape index (κ2) is 9.05. The van der Waals surface area contributed by atoms with Crippen LogP contribution >= 0.6 is 24.0 Å². The van der Waals surface area contributed by atoms with E-state index in [4.69, 9.17) is 9.47 Å². The van der Waals surface area contributed by atoms with Gasteiger partial charge in [-0.25, -0.2) is 9.37 Å². The second-order valence-electron chi connectivity index (χ2n) is 7.98. The molecule has 1 aromatic carbocycles.